The Morgan fingerprint density at radius 3 is 2.48 bits per heavy atom. The molecule has 0 saturated heterocycles. The summed E-state index contributed by atoms with van der Waals surface area (Å²) in [6.45, 7) is 1.34. The SMILES string of the molecule is CC(=O)C1=C(O)C(=O)N(c2ccccn2)[C@H]1c1ccc(Br)cc1. The lowest BCUT2D eigenvalue weighted by atomic mass is 9.97. The number of aromatic nitrogens is 1. The number of aliphatic hydroxyl groups excluding tert-OH is 1. The van der Waals surface area contributed by atoms with E-state index >= 15 is 0 Å². The minimum absolute atomic E-state index is 0.0861. The predicted molar refractivity (Wildman–Crippen MR) is 88.9 cm³/mol. The Morgan fingerprint density at radius 1 is 1.22 bits per heavy atom. The Morgan fingerprint density at radius 2 is 1.91 bits per heavy atom. The minimum Gasteiger partial charge on any atom is -0.503 e. The van der Waals surface area contributed by atoms with Crippen molar-refractivity contribution in [2.75, 3.05) is 4.90 Å². The Balaban J connectivity index is 2.17. The largest absolute Gasteiger partial charge is 0.503 e. The molecule has 1 atom stereocenters. The van der Waals surface area contributed by atoms with Crippen LogP contribution in [0.4, 0.5) is 5.82 Å². The summed E-state index contributed by atoms with van der Waals surface area (Å²) in [6, 6.07) is 11.7. The highest BCUT2D eigenvalue weighted by atomic mass is 79.9. The fraction of sp³-hybridized carbons (Fsp3) is 0.118. The van der Waals surface area contributed by atoms with Crippen molar-refractivity contribution in [2.45, 2.75) is 13.0 Å². The number of carbonyl (C=O) groups is 2. The maximum absolute atomic E-state index is 12.5. The fourth-order valence-electron chi connectivity index (χ4n) is 2.66. The van der Waals surface area contributed by atoms with Crippen molar-refractivity contribution in [1.82, 2.24) is 4.98 Å². The molecular weight excluding hydrogens is 360 g/mol. The Bertz CT molecular complexity index is 800. The third-order valence-electron chi connectivity index (χ3n) is 3.67. The molecule has 1 aliphatic heterocycles. The summed E-state index contributed by atoms with van der Waals surface area (Å²) in [5.41, 5.74) is 0.810. The van der Waals surface area contributed by atoms with E-state index in [1.807, 2.05) is 12.1 Å². The zero-order valence-electron chi connectivity index (χ0n) is 12.2. The number of ketones is 1. The number of Topliss-reactive ketones (excluding diaryl/α,β-unsaturated/α-hetero) is 1. The van der Waals surface area contributed by atoms with E-state index in [9.17, 15) is 14.7 Å². The average molecular weight is 373 g/mol. The van der Waals surface area contributed by atoms with Gasteiger partial charge in [-0.15, -0.1) is 0 Å². The van der Waals surface area contributed by atoms with Gasteiger partial charge in [0.05, 0.1) is 11.6 Å². The van der Waals surface area contributed by atoms with Crippen molar-refractivity contribution < 1.29 is 14.7 Å². The second kappa shape index (κ2) is 5.96. The summed E-state index contributed by atoms with van der Waals surface area (Å²) in [7, 11) is 0. The molecule has 0 bridgehead atoms. The third kappa shape index (κ3) is 2.66. The molecule has 1 aromatic heterocycles. The summed E-state index contributed by atoms with van der Waals surface area (Å²) in [6.07, 6.45) is 1.56. The van der Waals surface area contributed by atoms with E-state index in [2.05, 4.69) is 20.9 Å². The smallest absolute Gasteiger partial charge is 0.295 e. The number of halogens is 1. The van der Waals surface area contributed by atoms with E-state index < -0.39 is 17.7 Å². The van der Waals surface area contributed by atoms with Gasteiger partial charge in [0, 0.05) is 10.7 Å². The standard InChI is InChI=1S/C17H13BrN2O3/c1-10(21)14-15(11-5-7-12(18)8-6-11)20(17(23)16(14)22)13-4-2-3-9-19-13/h2-9,15,22H,1H3/t15-/m0/s1. The van der Waals surface area contributed by atoms with Crippen molar-refractivity contribution in [3.63, 3.8) is 0 Å². The summed E-state index contributed by atoms with van der Waals surface area (Å²) >= 11 is 3.36. The summed E-state index contributed by atoms with van der Waals surface area (Å²) in [4.78, 5) is 30.0. The number of hydrogen-bond acceptors (Lipinski definition) is 4. The molecule has 6 heteroatoms. The van der Waals surface area contributed by atoms with Crippen molar-refractivity contribution in [3.05, 3.63) is 70.0 Å². The van der Waals surface area contributed by atoms with Crippen LogP contribution in [0.15, 0.2) is 64.5 Å². The number of nitrogens with zero attached hydrogens (tertiary/aromatic N) is 2. The van der Waals surface area contributed by atoms with Gasteiger partial charge in [0.2, 0.25) is 0 Å². The third-order valence-corrected chi connectivity index (χ3v) is 4.20. The highest BCUT2D eigenvalue weighted by molar-refractivity contribution is 9.10. The number of anilines is 1. The Hall–Kier alpha value is -2.47. The molecule has 2 aromatic rings. The van der Waals surface area contributed by atoms with Crippen molar-refractivity contribution in [3.8, 4) is 0 Å². The first-order chi connectivity index (χ1) is 11.0. The van der Waals surface area contributed by atoms with E-state index in [0.29, 0.717) is 5.82 Å². The summed E-state index contributed by atoms with van der Waals surface area (Å²) in [5, 5.41) is 10.2. The van der Waals surface area contributed by atoms with Crippen LogP contribution in [0, 0.1) is 0 Å². The van der Waals surface area contributed by atoms with Crippen LogP contribution in [0.2, 0.25) is 0 Å². The monoisotopic (exact) mass is 372 g/mol. The second-order valence-electron chi connectivity index (χ2n) is 5.14. The van der Waals surface area contributed by atoms with Crippen LogP contribution in [-0.2, 0) is 9.59 Å². The lowest BCUT2D eigenvalue weighted by Crippen LogP contribution is -2.31. The van der Waals surface area contributed by atoms with Gasteiger partial charge in [0.15, 0.2) is 11.5 Å². The van der Waals surface area contributed by atoms with E-state index in [0.717, 1.165) is 10.0 Å². The quantitative estimate of drug-likeness (QED) is 0.896. The highest BCUT2D eigenvalue weighted by Gasteiger charge is 2.43. The molecule has 1 aromatic carbocycles. The predicted octanol–water partition coefficient (Wildman–Crippen LogP) is 3.33. The molecular formula is C17H13BrN2O3. The van der Waals surface area contributed by atoms with Gasteiger partial charge in [-0.1, -0.05) is 34.1 Å². The van der Waals surface area contributed by atoms with Crippen molar-refractivity contribution >= 4 is 33.4 Å². The number of carbonyl (C=O) groups excluding carboxylic acids is 2. The van der Waals surface area contributed by atoms with Crippen LogP contribution in [0.1, 0.15) is 18.5 Å². The van der Waals surface area contributed by atoms with Crippen LogP contribution >= 0.6 is 15.9 Å². The Kier molecular flexibility index (Phi) is 4.00. The van der Waals surface area contributed by atoms with Gasteiger partial charge in [-0.25, -0.2) is 4.98 Å². The van der Waals surface area contributed by atoms with Gasteiger partial charge in [0.25, 0.3) is 5.91 Å². The molecule has 0 fully saturated rings. The van der Waals surface area contributed by atoms with E-state index in [4.69, 9.17) is 0 Å². The van der Waals surface area contributed by atoms with Gasteiger partial charge in [-0.05, 0) is 36.8 Å². The zero-order valence-corrected chi connectivity index (χ0v) is 13.8. The number of hydrogen-bond donors (Lipinski definition) is 1. The number of amides is 1. The van der Waals surface area contributed by atoms with Gasteiger partial charge in [0.1, 0.15) is 5.82 Å². The molecule has 0 unspecified atom stereocenters. The molecule has 1 aliphatic rings. The highest BCUT2D eigenvalue weighted by Crippen LogP contribution is 2.40. The molecule has 0 spiro atoms. The maximum atomic E-state index is 12.5. The van der Waals surface area contributed by atoms with Crippen molar-refractivity contribution in [2.24, 2.45) is 0 Å². The average Bonchev–Trinajstić information content (AvgIpc) is 2.81. The van der Waals surface area contributed by atoms with Crippen LogP contribution in [0.25, 0.3) is 0 Å². The zero-order chi connectivity index (χ0) is 16.6. The lowest BCUT2D eigenvalue weighted by Gasteiger charge is -2.25. The van der Waals surface area contributed by atoms with Crippen molar-refractivity contribution in [1.29, 1.82) is 0 Å². The molecule has 1 amide bonds. The first kappa shape index (κ1) is 15.4. The van der Waals surface area contributed by atoms with E-state index in [-0.39, 0.29) is 11.4 Å². The molecule has 3 rings (SSSR count). The number of benzene rings is 1. The van der Waals surface area contributed by atoms with Crippen LogP contribution in [-0.4, -0.2) is 21.8 Å². The molecule has 116 valence electrons. The summed E-state index contributed by atoms with van der Waals surface area (Å²) in [5.74, 6) is -1.10. The number of aliphatic hydroxyl groups is 1. The Labute approximate surface area is 141 Å². The lowest BCUT2D eigenvalue weighted by molar-refractivity contribution is -0.117. The van der Waals surface area contributed by atoms with Gasteiger partial charge in [-0.3, -0.25) is 14.5 Å². The number of rotatable bonds is 3. The van der Waals surface area contributed by atoms with Crippen LogP contribution < -0.4 is 4.90 Å². The molecule has 5 nitrogen and oxygen atoms in total. The topological polar surface area (TPSA) is 70.5 Å². The molecule has 1 N–H and O–H groups in total. The maximum Gasteiger partial charge on any atom is 0.295 e. The van der Waals surface area contributed by atoms with Gasteiger partial charge in [-0.2, -0.15) is 0 Å². The molecule has 0 saturated carbocycles. The van der Waals surface area contributed by atoms with Crippen LogP contribution in [0.3, 0.4) is 0 Å². The normalized spacial score (nSPS) is 17.7. The second-order valence-corrected chi connectivity index (χ2v) is 6.05. The van der Waals surface area contributed by atoms with E-state index in [1.165, 1.54) is 11.8 Å². The molecule has 23 heavy (non-hydrogen) atoms. The first-order valence-electron chi connectivity index (χ1n) is 6.95. The molecule has 0 radical (unpaired) electrons. The molecule has 0 aliphatic carbocycles. The van der Waals surface area contributed by atoms with Gasteiger partial charge >= 0.3 is 0 Å². The minimum atomic E-state index is -0.692. The molecule has 2 heterocycles. The summed E-state index contributed by atoms with van der Waals surface area (Å²) < 4.78 is 0.882. The van der Waals surface area contributed by atoms with E-state index in [1.54, 1.807) is 36.5 Å². The first-order valence-corrected chi connectivity index (χ1v) is 7.74. The fourth-order valence-corrected chi connectivity index (χ4v) is 2.92. The van der Waals surface area contributed by atoms with Gasteiger partial charge < -0.3 is 5.11 Å². The number of pyridine rings is 1. The van der Waals surface area contributed by atoms with Crippen LogP contribution in [0.5, 0.6) is 0 Å².